The number of anilines is 1. The molecule has 0 unspecified atom stereocenters. The first-order chi connectivity index (χ1) is 9.89. The minimum Gasteiger partial charge on any atom is -0.481 e. The molecule has 0 saturated heterocycles. The maximum Gasteiger partial charge on any atom is 0.306 e. The van der Waals surface area contributed by atoms with Crippen LogP contribution in [0.3, 0.4) is 0 Å². The Kier molecular flexibility index (Phi) is 4.88. The van der Waals surface area contributed by atoms with Gasteiger partial charge >= 0.3 is 5.97 Å². The lowest BCUT2D eigenvalue weighted by atomic mass is 9.79. The smallest absolute Gasteiger partial charge is 0.306 e. The van der Waals surface area contributed by atoms with Gasteiger partial charge in [0.2, 0.25) is 0 Å². The average Bonchev–Trinajstić information content (AvgIpc) is 2.46. The number of benzene rings is 1. The van der Waals surface area contributed by atoms with Crippen LogP contribution in [0.25, 0.3) is 0 Å². The van der Waals surface area contributed by atoms with Gasteiger partial charge in [-0.1, -0.05) is 26.0 Å². The quantitative estimate of drug-likeness (QED) is 0.779. The molecule has 0 aromatic heterocycles. The van der Waals surface area contributed by atoms with Crippen molar-refractivity contribution >= 4 is 11.7 Å². The average molecular weight is 291 g/mol. The Morgan fingerprint density at radius 2 is 2.05 bits per heavy atom. The molecule has 1 aromatic rings. The largest absolute Gasteiger partial charge is 0.481 e. The van der Waals surface area contributed by atoms with Crippen molar-refractivity contribution < 1.29 is 15.0 Å². The molecular formula is C17H25NO3. The summed E-state index contributed by atoms with van der Waals surface area (Å²) in [5.74, 6) is -0.565. The van der Waals surface area contributed by atoms with E-state index in [2.05, 4.69) is 31.3 Å². The molecule has 1 fully saturated rings. The summed E-state index contributed by atoms with van der Waals surface area (Å²) in [5, 5.41) is 22.9. The molecule has 2 rings (SSSR count). The van der Waals surface area contributed by atoms with Gasteiger partial charge in [0.1, 0.15) is 0 Å². The molecule has 0 aliphatic heterocycles. The molecule has 0 atom stereocenters. The predicted molar refractivity (Wildman–Crippen MR) is 83.6 cm³/mol. The number of aliphatic carboxylic acids is 1. The Bertz CT molecular complexity index is 491. The molecule has 0 radical (unpaired) electrons. The van der Waals surface area contributed by atoms with Crippen molar-refractivity contribution in [3.63, 3.8) is 0 Å². The summed E-state index contributed by atoms with van der Waals surface area (Å²) >= 11 is 0. The van der Waals surface area contributed by atoms with Gasteiger partial charge in [0, 0.05) is 12.2 Å². The lowest BCUT2D eigenvalue weighted by Gasteiger charge is -2.35. The third kappa shape index (κ3) is 4.21. The van der Waals surface area contributed by atoms with Crippen LogP contribution in [-0.4, -0.2) is 28.3 Å². The van der Waals surface area contributed by atoms with E-state index in [9.17, 15) is 9.90 Å². The van der Waals surface area contributed by atoms with Crippen LogP contribution in [0.1, 0.15) is 51.0 Å². The molecule has 21 heavy (non-hydrogen) atoms. The van der Waals surface area contributed by atoms with Gasteiger partial charge in [-0.25, -0.2) is 0 Å². The molecule has 0 bridgehead atoms. The van der Waals surface area contributed by atoms with Gasteiger partial charge in [-0.15, -0.1) is 0 Å². The summed E-state index contributed by atoms with van der Waals surface area (Å²) in [6, 6.07) is 8.22. The number of aliphatic hydroxyl groups is 1. The number of carboxylic acids is 1. The molecule has 0 amide bonds. The van der Waals surface area contributed by atoms with Gasteiger partial charge in [0.15, 0.2) is 0 Å². The Labute approximate surface area is 126 Å². The van der Waals surface area contributed by atoms with Crippen molar-refractivity contribution in [3.05, 3.63) is 29.8 Å². The number of carbonyl (C=O) groups is 1. The number of hydrogen-bond donors (Lipinski definition) is 3. The van der Waals surface area contributed by atoms with E-state index in [1.165, 1.54) is 5.56 Å². The molecule has 4 nitrogen and oxygen atoms in total. The zero-order valence-corrected chi connectivity index (χ0v) is 12.8. The summed E-state index contributed by atoms with van der Waals surface area (Å²) in [5.41, 5.74) is 1.48. The summed E-state index contributed by atoms with van der Waals surface area (Å²) in [7, 11) is 0. The van der Waals surface area contributed by atoms with E-state index in [-0.39, 0.29) is 5.92 Å². The van der Waals surface area contributed by atoms with Crippen LogP contribution in [0, 0.1) is 5.92 Å². The van der Waals surface area contributed by atoms with Gasteiger partial charge in [-0.3, -0.25) is 4.79 Å². The first-order valence-corrected chi connectivity index (χ1v) is 7.69. The highest BCUT2D eigenvalue weighted by atomic mass is 16.4. The highest BCUT2D eigenvalue weighted by Crippen LogP contribution is 2.32. The Balaban J connectivity index is 1.91. The van der Waals surface area contributed by atoms with Crippen molar-refractivity contribution in [3.8, 4) is 0 Å². The van der Waals surface area contributed by atoms with Crippen LogP contribution in [-0.2, 0) is 4.79 Å². The van der Waals surface area contributed by atoms with Gasteiger partial charge in [-0.2, -0.15) is 0 Å². The monoisotopic (exact) mass is 291 g/mol. The molecule has 1 aliphatic rings. The number of rotatable bonds is 5. The molecule has 0 spiro atoms. The van der Waals surface area contributed by atoms with Crippen molar-refractivity contribution in [2.75, 3.05) is 11.9 Å². The Morgan fingerprint density at radius 3 is 2.62 bits per heavy atom. The van der Waals surface area contributed by atoms with E-state index in [0.717, 1.165) is 5.69 Å². The fourth-order valence-electron chi connectivity index (χ4n) is 2.85. The SMILES string of the molecule is CC(C)c1cccc(NCC2(O)CCC(C(=O)O)CC2)c1. The van der Waals surface area contributed by atoms with Gasteiger partial charge in [0.25, 0.3) is 0 Å². The van der Waals surface area contributed by atoms with E-state index < -0.39 is 11.6 Å². The van der Waals surface area contributed by atoms with Gasteiger partial charge in [-0.05, 0) is 49.3 Å². The molecule has 4 heteroatoms. The van der Waals surface area contributed by atoms with Crippen LogP contribution in [0.4, 0.5) is 5.69 Å². The zero-order valence-electron chi connectivity index (χ0n) is 12.8. The summed E-state index contributed by atoms with van der Waals surface area (Å²) in [6.45, 7) is 4.78. The van der Waals surface area contributed by atoms with Crippen LogP contribution in [0.5, 0.6) is 0 Å². The molecule has 1 aliphatic carbocycles. The minimum atomic E-state index is -0.792. The summed E-state index contributed by atoms with van der Waals surface area (Å²) in [4.78, 5) is 10.9. The first-order valence-electron chi connectivity index (χ1n) is 7.69. The summed E-state index contributed by atoms with van der Waals surface area (Å²) in [6.07, 6.45) is 2.20. The number of hydrogen-bond acceptors (Lipinski definition) is 3. The van der Waals surface area contributed by atoms with E-state index >= 15 is 0 Å². The second-order valence-electron chi connectivity index (χ2n) is 6.47. The van der Waals surface area contributed by atoms with Crippen molar-refractivity contribution in [2.45, 2.75) is 51.0 Å². The van der Waals surface area contributed by atoms with Crippen LogP contribution in [0.2, 0.25) is 0 Å². The third-order valence-electron chi connectivity index (χ3n) is 4.44. The van der Waals surface area contributed by atoms with Crippen LogP contribution < -0.4 is 5.32 Å². The first kappa shape index (κ1) is 15.8. The normalized spacial score (nSPS) is 25.8. The van der Waals surface area contributed by atoms with E-state index in [4.69, 9.17) is 5.11 Å². The fraction of sp³-hybridized carbons (Fsp3) is 0.588. The highest BCUT2D eigenvalue weighted by Gasteiger charge is 2.35. The second-order valence-corrected chi connectivity index (χ2v) is 6.47. The zero-order chi connectivity index (χ0) is 15.5. The standard InChI is InChI=1S/C17H25NO3/c1-12(2)14-4-3-5-15(10-14)18-11-17(21)8-6-13(7-9-17)16(19)20/h3-5,10,12-13,18,21H,6-9,11H2,1-2H3,(H,19,20). The molecule has 1 aromatic carbocycles. The lowest BCUT2D eigenvalue weighted by Crippen LogP contribution is -2.41. The van der Waals surface area contributed by atoms with E-state index in [1.54, 1.807) is 0 Å². The number of carboxylic acid groups (broad SMARTS) is 1. The predicted octanol–water partition coefficient (Wildman–Crippen LogP) is 3.23. The maximum absolute atomic E-state index is 10.9. The molecule has 0 heterocycles. The topological polar surface area (TPSA) is 69.6 Å². The minimum absolute atomic E-state index is 0.297. The van der Waals surface area contributed by atoms with Crippen LogP contribution in [0.15, 0.2) is 24.3 Å². The number of nitrogens with one attached hydrogen (secondary N) is 1. The van der Waals surface area contributed by atoms with Crippen molar-refractivity contribution in [2.24, 2.45) is 5.92 Å². The Hall–Kier alpha value is -1.55. The van der Waals surface area contributed by atoms with Gasteiger partial charge in [0.05, 0.1) is 11.5 Å². The Morgan fingerprint density at radius 1 is 1.38 bits per heavy atom. The third-order valence-corrected chi connectivity index (χ3v) is 4.44. The van der Waals surface area contributed by atoms with E-state index in [1.807, 2.05) is 12.1 Å². The molecule has 3 N–H and O–H groups in total. The van der Waals surface area contributed by atoms with E-state index in [0.29, 0.717) is 38.1 Å². The highest BCUT2D eigenvalue weighted by molar-refractivity contribution is 5.70. The van der Waals surface area contributed by atoms with Gasteiger partial charge < -0.3 is 15.5 Å². The molecule has 116 valence electrons. The molecule has 1 saturated carbocycles. The summed E-state index contributed by atoms with van der Waals surface area (Å²) < 4.78 is 0. The van der Waals surface area contributed by atoms with Crippen LogP contribution >= 0.6 is 0 Å². The maximum atomic E-state index is 10.9. The molecular weight excluding hydrogens is 266 g/mol. The van der Waals surface area contributed by atoms with Crippen molar-refractivity contribution in [1.82, 2.24) is 0 Å². The van der Waals surface area contributed by atoms with Crippen molar-refractivity contribution in [1.29, 1.82) is 0 Å². The second kappa shape index (κ2) is 6.48. The fourth-order valence-corrected chi connectivity index (χ4v) is 2.85. The lowest BCUT2D eigenvalue weighted by molar-refractivity contribution is -0.144.